The second-order valence-corrected chi connectivity index (χ2v) is 10.7. The molecule has 0 bridgehead atoms. The summed E-state index contributed by atoms with van der Waals surface area (Å²) in [5.41, 5.74) is 3.65. The zero-order valence-corrected chi connectivity index (χ0v) is 25.0. The Morgan fingerprint density at radius 3 is 2.29 bits per heavy atom. The first-order valence-corrected chi connectivity index (χ1v) is 14.1. The average Bonchev–Trinajstić information content (AvgIpc) is 2.99. The van der Waals surface area contributed by atoms with Gasteiger partial charge in [-0.2, -0.15) is 0 Å². The van der Waals surface area contributed by atoms with E-state index in [-0.39, 0.29) is 5.56 Å². The fraction of sp³-hybridized carbons (Fsp3) is 0.344. The van der Waals surface area contributed by atoms with Gasteiger partial charge in [0.2, 0.25) is 0 Å². The smallest absolute Gasteiger partial charge is 0.327 e. The second kappa shape index (κ2) is 12.1. The Hall–Kier alpha value is -4.57. The van der Waals surface area contributed by atoms with Gasteiger partial charge in [0.25, 0.3) is 5.56 Å². The topological polar surface area (TPSA) is 92.2 Å². The summed E-state index contributed by atoms with van der Waals surface area (Å²) in [6.07, 6.45) is 0. The van der Waals surface area contributed by atoms with Crippen molar-refractivity contribution in [3.05, 3.63) is 88.0 Å². The van der Waals surface area contributed by atoms with Gasteiger partial charge in [0.1, 0.15) is 11.5 Å². The highest BCUT2D eigenvalue weighted by Crippen LogP contribution is 2.37. The first-order chi connectivity index (χ1) is 20.2. The Morgan fingerprint density at radius 1 is 0.929 bits per heavy atom. The number of carbonyl (C=O) groups is 1. The number of aryl methyl sites for hydroxylation is 2. The van der Waals surface area contributed by atoms with Gasteiger partial charge < -0.3 is 24.7 Å². The number of carbonyl (C=O) groups excluding carboxylic acids is 1. The summed E-state index contributed by atoms with van der Waals surface area (Å²) in [5, 5.41) is 5.60. The molecule has 2 amide bonds. The lowest BCUT2D eigenvalue weighted by atomic mass is 10.1. The Morgan fingerprint density at radius 2 is 1.62 bits per heavy atom. The Kier molecular flexibility index (Phi) is 8.35. The van der Waals surface area contributed by atoms with E-state index in [2.05, 4.69) is 17.3 Å². The summed E-state index contributed by atoms with van der Waals surface area (Å²) in [4.78, 5) is 37.2. The highest BCUT2D eigenvalue weighted by atomic mass is 16.5. The maximum Gasteiger partial charge on any atom is 0.327 e. The number of fused-ring (bicyclic) bond motifs is 1. The SMILES string of the molecule is COc1ccc(N(C(=O)Nc2ccc(C)cc2)C(C)c2nc3ccc(C)cc3c(=O)n2N2CCN(C)CC2)c(OC)c1. The molecule has 0 saturated carbocycles. The number of rotatable bonds is 7. The average molecular weight is 571 g/mol. The third kappa shape index (κ3) is 5.75. The van der Waals surface area contributed by atoms with Crippen LogP contribution in [0.2, 0.25) is 0 Å². The molecule has 5 rings (SSSR count). The van der Waals surface area contributed by atoms with E-state index in [4.69, 9.17) is 14.5 Å². The van der Waals surface area contributed by atoms with E-state index >= 15 is 0 Å². The monoisotopic (exact) mass is 570 g/mol. The minimum atomic E-state index is -0.671. The molecule has 220 valence electrons. The van der Waals surface area contributed by atoms with Gasteiger partial charge in [0, 0.05) is 37.9 Å². The molecule has 1 saturated heterocycles. The number of aromatic nitrogens is 2. The van der Waals surface area contributed by atoms with Gasteiger partial charge in [-0.15, -0.1) is 0 Å². The van der Waals surface area contributed by atoms with Crippen LogP contribution in [0.5, 0.6) is 11.5 Å². The molecule has 4 aromatic rings. The number of anilines is 2. The third-order valence-corrected chi connectivity index (χ3v) is 7.72. The number of amides is 2. The molecule has 0 aliphatic carbocycles. The van der Waals surface area contributed by atoms with Gasteiger partial charge in [-0.1, -0.05) is 29.3 Å². The fourth-order valence-electron chi connectivity index (χ4n) is 5.26. The van der Waals surface area contributed by atoms with Crippen molar-refractivity contribution < 1.29 is 14.3 Å². The van der Waals surface area contributed by atoms with Crippen LogP contribution < -0.4 is 30.3 Å². The first-order valence-electron chi connectivity index (χ1n) is 14.1. The van der Waals surface area contributed by atoms with Crippen LogP contribution in [0.3, 0.4) is 0 Å². The molecular weight excluding hydrogens is 532 g/mol. The zero-order chi connectivity index (χ0) is 30.0. The van der Waals surface area contributed by atoms with Crippen LogP contribution in [-0.4, -0.2) is 68.0 Å². The molecule has 1 aliphatic rings. The quantitative estimate of drug-likeness (QED) is 0.344. The van der Waals surface area contributed by atoms with E-state index < -0.39 is 12.1 Å². The molecule has 1 N–H and O–H groups in total. The van der Waals surface area contributed by atoms with Crippen LogP contribution in [-0.2, 0) is 0 Å². The minimum Gasteiger partial charge on any atom is -0.497 e. The van der Waals surface area contributed by atoms with Crippen molar-refractivity contribution in [3.8, 4) is 11.5 Å². The van der Waals surface area contributed by atoms with Crippen LogP contribution in [0.1, 0.15) is 29.9 Å². The summed E-state index contributed by atoms with van der Waals surface area (Å²) in [6, 6.07) is 17.5. The molecule has 42 heavy (non-hydrogen) atoms. The van der Waals surface area contributed by atoms with Gasteiger partial charge in [-0.25, -0.2) is 14.5 Å². The van der Waals surface area contributed by atoms with E-state index in [1.54, 1.807) is 42.0 Å². The number of nitrogens with zero attached hydrogens (tertiary/aromatic N) is 5. The highest BCUT2D eigenvalue weighted by molar-refractivity contribution is 6.03. The Bertz CT molecular complexity index is 1640. The number of piperazine rings is 1. The molecule has 1 fully saturated rings. The summed E-state index contributed by atoms with van der Waals surface area (Å²) in [5.74, 6) is 1.50. The maximum atomic E-state index is 14.2. The molecule has 2 heterocycles. The van der Waals surface area contributed by atoms with Crippen molar-refractivity contribution in [3.63, 3.8) is 0 Å². The maximum absolute atomic E-state index is 14.2. The molecule has 10 heteroatoms. The number of hydrogen-bond acceptors (Lipinski definition) is 7. The predicted octanol–water partition coefficient (Wildman–Crippen LogP) is 4.71. The summed E-state index contributed by atoms with van der Waals surface area (Å²) in [6.45, 7) is 8.74. The van der Waals surface area contributed by atoms with Crippen molar-refractivity contribution in [1.29, 1.82) is 0 Å². The van der Waals surface area contributed by atoms with Gasteiger partial charge in [-0.3, -0.25) is 9.69 Å². The third-order valence-electron chi connectivity index (χ3n) is 7.72. The largest absolute Gasteiger partial charge is 0.497 e. The molecule has 3 aromatic carbocycles. The number of likely N-dealkylation sites (N-methyl/N-ethyl adjacent to an activating group) is 1. The Balaban J connectivity index is 1.69. The number of methoxy groups -OCH3 is 2. The standard InChI is InChI=1S/C32H38N6O4/c1-21-7-10-24(11-8-21)33-32(40)37(28-14-12-25(41-5)20-29(28)42-6)23(3)30-34-27-13-9-22(2)19-26(27)31(39)38(30)36-17-15-35(4)16-18-36/h7-14,19-20,23H,15-18H2,1-6H3,(H,33,40). The lowest BCUT2D eigenvalue weighted by Crippen LogP contribution is -2.55. The molecular formula is C32H38N6O4. The van der Waals surface area contributed by atoms with Gasteiger partial charge in [-0.05, 0) is 64.2 Å². The minimum absolute atomic E-state index is 0.157. The van der Waals surface area contributed by atoms with Gasteiger partial charge >= 0.3 is 6.03 Å². The molecule has 0 radical (unpaired) electrons. The lowest BCUT2D eigenvalue weighted by molar-refractivity contribution is 0.253. The van der Waals surface area contributed by atoms with Crippen LogP contribution in [0.15, 0.2) is 65.5 Å². The van der Waals surface area contributed by atoms with E-state index in [1.165, 1.54) is 0 Å². The predicted molar refractivity (Wildman–Crippen MR) is 167 cm³/mol. The van der Waals surface area contributed by atoms with Gasteiger partial charge in [0.05, 0.1) is 36.9 Å². The zero-order valence-electron chi connectivity index (χ0n) is 25.0. The van der Waals surface area contributed by atoms with Crippen molar-refractivity contribution in [2.24, 2.45) is 0 Å². The summed E-state index contributed by atoms with van der Waals surface area (Å²) >= 11 is 0. The molecule has 10 nitrogen and oxygen atoms in total. The number of nitrogens with one attached hydrogen (secondary N) is 1. The number of hydrogen-bond donors (Lipinski definition) is 1. The highest BCUT2D eigenvalue weighted by Gasteiger charge is 2.32. The Labute approximate surface area is 246 Å². The van der Waals surface area contributed by atoms with Crippen molar-refractivity contribution in [2.75, 3.05) is 62.7 Å². The van der Waals surface area contributed by atoms with E-state index in [0.717, 1.165) is 24.2 Å². The van der Waals surface area contributed by atoms with Crippen LogP contribution in [0, 0.1) is 13.8 Å². The molecule has 0 spiro atoms. The normalized spacial score (nSPS) is 14.5. The molecule has 1 unspecified atom stereocenters. The number of benzene rings is 3. The van der Waals surface area contributed by atoms with Crippen molar-refractivity contribution in [1.82, 2.24) is 14.6 Å². The molecule has 1 aliphatic heterocycles. The van der Waals surface area contributed by atoms with Crippen LogP contribution >= 0.6 is 0 Å². The second-order valence-electron chi connectivity index (χ2n) is 10.7. The van der Waals surface area contributed by atoms with E-state index in [0.29, 0.717) is 52.7 Å². The van der Waals surface area contributed by atoms with E-state index in [1.807, 2.05) is 68.2 Å². The molecule has 1 atom stereocenters. The van der Waals surface area contributed by atoms with Crippen LogP contribution in [0.4, 0.5) is 16.2 Å². The van der Waals surface area contributed by atoms with Gasteiger partial charge in [0.15, 0.2) is 5.82 Å². The number of ether oxygens (including phenoxy) is 2. The van der Waals surface area contributed by atoms with Crippen LogP contribution in [0.25, 0.3) is 10.9 Å². The van der Waals surface area contributed by atoms with E-state index in [9.17, 15) is 9.59 Å². The molecule has 1 aromatic heterocycles. The van der Waals surface area contributed by atoms with Crippen molar-refractivity contribution in [2.45, 2.75) is 26.8 Å². The first kappa shape index (κ1) is 28.9. The summed E-state index contributed by atoms with van der Waals surface area (Å²) in [7, 11) is 5.20. The lowest BCUT2D eigenvalue weighted by Gasteiger charge is -2.38. The summed E-state index contributed by atoms with van der Waals surface area (Å²) < 4.78 is 12.8. The number of urea groups is 1. The van der Waals surface area contributed by atoms with Crippen molar-refractivity contribution >= 4 is 28.3 Å². The fourth-order valence-corrected chi connectivity index (χ4v) is 5.26.